The molecule has 164 valence electrons. The molecule has 2 aliphatic heterocycles. The number of nitrogens with zero attached hydrogens (tertiary/aromatic N) is 4. The molecule has 5 rings (SSSR count). The molecule has 11 heteroatoms. The van der Waals surface area contributed by atoms with Crippen LogP contribution in [0.3, 0.4) is 0 Å². The van der Waals surface area contributed by atoms with Crippen LogP contribution in [0.4, 0.5) is 35.3 Å². The van der Waals surface area contributed by atoms with Gasteiger partial charge in [-0.05, 0) is 48.9 Å². The van der Waals surface area contributed by atoms with E-state index in [0.717, 1.165) is 36.2 Å². The third kappa shape index (κ3) is 3.73. The molecule has 2 atom stereocenters. The smallest absolute Gasteiger partial charge is 0.420 e. The van der Waals surface area contributed by atoms with E-state index in [1.807, 2.05) is 12.1 Å². The molecule has 0 spiro atoms. The van der Waals surface area contributed by atoms with E-state index in [9.17, 15) is 23.1 Å². The Labute approximate surface area is 180 Å². The molecule has 3 aliphatic rings. The molecule has 3 fully saturated rings. The number of hydrogen-bond donors (Lipinski definition) is 2. The molecule has 2 N–H and O–H groups in total. The lowest BCUT2D eigenvalue weighted by Gasteiger charge is -2.34. The van der Waals surface area contributed by atoms with Crippen LogP contribution in [0.2, 0.25) is 5.15 Å². The number of halogens is 4. The number of fused-ring (bicyclic) bond motifs is 2. The van der Waals surface area contributed by atoms with E-state index in [1.54, 1.807) is 0 Å². The van der Waals surface area contributed by atoms with Crippen LogP contribution in [0.15, 0.2) is 24.4 Å². The Morgan fingerprint density at radius 1 is 1.23 bits per heavy atom. The first-order valence-electron chi connectivity index (χ1n) is 9.97. The Morgan fingerprint density at radius 3 is 2.58 bits per heavy atom. The average Bonchev–Trinajstić information content (AvgIpc) is 3.34. The number of aromatic nitrogens is 2. The van der Waals surface area contributed by atoms with Gasteiger partial charge in [0, 0.05) is 36.7 Å². The number of carboxylic acid groups (broad SMARTS) is 1. The lowest BCUT2D eigenvalue weighted by Crippen LogP contribution is -2.48. The molecule has 3 heterocycles. The van der Waals surface area contributed by atoms with Crippen LogP contribution in [0, 0.1) is 0 Å². The van der Waals surface area contributed by atoms with Crippen molar-refractivity contribution in [3.05, 3.63) is 40.7 Å². The Balaban J connectivity index is 1.38. The summed E-state index contributed by atoms with van der Waals surface area (Å²) in [5, 5.41) is 11.7. The van der Waals surface area contributed by atoms with Gasteiger partial charge in [-0.3, -0.25) is 0 Å². The van der Waals surface area contributed by atoms with Gasteiger partial charge in [0.15, 0.2) is 0 Å². The lowest BCUT2D eigenvalue weighted by atomic mass is 10.1. The van der Waals surface area contributed by atoms with Crippen molar-refractivity contribution in [2.45, 2.75) is 43.4 Å². The van der Waals surface area contributed by atoms with Crippen molar-refractivity contribution in [2.75, 3.05) is 23.3 Å². The maximum absolute atomic E-state index is 12.9. The lowest BCUT2D eigenvalue weighted by molar-refractivity contribution is -0.137. The fourth-order valence-corrected chi connectivity index (χ4v) is 4.76. The van der Waals surface area contributed by atoms with Crippen LogP contribution < -0.4 is 10.2 Å². The van der Waals surface area contributed by atoms with Crippen molar-refractivity contribution >= 4 is 35.0 Å². The van der Waals surface area contributed by atoms with E-state index in [4.69, 9.17) is 11.6 Å². The van der Waals surface area contributed by atoms with Crippen molar-refractivity contribution in [3.63, 3.8) is 0 Å². The van der Waals surface area contributed by atoms with Crippen molar-refractivity contribution in [2.24, 2.45) is 0 Å². The molecule has 1 amide bonds. The van der Waals surface area contributed by atoms with E-state index in [1.165, 1.54) is 4.90 Å². The molecule has 7 nitrogen and oxygen atoms in total. The third-order valence-corrected chi connectivity index (χ3v) is 6.45. The quantitative estimate of drug-likeness (QED) is 0.652. The van der Waals surface area contributed by atoms with Gasteiger partial charge in [-0.25, -0.2) is 14.8 Å². The summed E-state index contributed by atoms with van der Waals surface area (Å²) in [6, 6.07) is 6.05. The largest absolute Gasteiger partial charge is 0.465 e. The van der Waals surface area contributed by atoms with Gasteiger partial charge in [-0.2, -0.15) is 13.2 Å². The number of benzene rings is 1. The molecule has 1 saturated carbocycles. The first-order valence-corrected chi connectivity index (χ1v) is 10.4. The second kappa shape index (κ2) is 7.15. The molecule has 2 saturated heterocycles. The normalized spacial score (nSPS) is 22.8. The van der Waals surface area contributed by atoms with Crippen LogP contribution in [0.1, 0.15) is 36.3 Å². The third-order valence-electron chi connectivity index (χ3n) is 6.16. The number of piperazine rings is 1. The Morgan fingerprint density at radius 2 is 2.00 bits per heavy atom. The van der Waals surface area contributed by atoms with Crippen LogP contribution in [-0.4, -0.2) is 51.2 Å². The molecule has 1 aliphatic carbocycles. The van der Waals surface area contributed by atoms with Gasteiger partial charge < -0.3 is 20.2 Å². The van der Waals surface area contributed by atoms with Crippen LogP contribution in [0.25, 0.3) is 0 Å². The number of anilines is 3. The van der Waals surface area contributed by atoms with E-state index in [2.05, 4.69) is 26.3 Å². The fourth-order valence-electron chi connectivity index (χ4n) is 4.52. The van der Waals surface area contributed by atoms with Gasteiger partial charge >= 0.3 is 12.3 Å². The highest BCUT2D eigenvalue weighted by Gasteiger charge is 2.45. The number of carbonyl (C=O) groups is 1. The van der Waals surface area contributed by atoms with Crippen molar-refractivity contribution in [1.82, 2.24) is 14.9 Å². The highest BCUT2D eigenvalue weighted by molar-refractivity contribution is 6.30. The molecular weight excluding hydrogens is 435 g/mol. The monoisotopic (exact) mass is 453 g/mol. The summed E-state index contributed by atoms with van der Waals surface area (Å²) < 4.78 is 38.7. The zero-order chi connectivity index (χ0) is 21.9. The van der Waals surface area contributed by atoms with Gasteiger partial charge in [-0.15, -0.1) is 0 Å². The zero-order valence-corrected chi connectivity index (χ0v) is 17.0. The molecular formula is C20H19ClF3N5O2. The molecule has 2 bridgehead atoms. The highest BCUT2D eigenvalue weighted by atomic mass is 35.5. The Bertz CT molecular complexity index is 1050. The van der Waals surface area contributed by atoms with E-state index in [-0.39, 0.29) is 18.0 Å². The number of alkyl halides is 3. The van der Waals surface area contributed by atoms with Crippen LogP contribution >= 0.6 is 11.6 Å². The number of amides is 1. The zero-order valence-electron chi connectivity index (χ0n) is 16.2. The van der Waals surface area contributed by atoms with Crippen LogP contribution in [0.5, 0.6) is 0 Å². The topological polar surface area (TPSA) is 81.6 Å². The average molecular weight is 454 g/mol. The summed E-state index contributed by atoms with van der Waals surface area (Å²) in [5.41, 5.74) is 1.74. The fraction of sp³-hybridized carbons (Fsp3) is 0.450. The predicted octanol–water partition coefficient (Wildman–Crippen LogP) is 4.71. The van der Waals surface area contributed by atoms with E-state index < -0.39 is 23.0 Å². The Kier molecular flexibility index (Phi) is 4.65. The maximum atomic E-state index is 12.9. The van der Waals surface area contributed by atoms with Crippen molar-refractivity contribution in [3.8, 4) is 0 Å². The van der Waals surface area contributed by atoms with Crippen LogP contribution in [-0.2, 0) is 6.18 Å². The van der Waals surface area contributed by atoms with Gasteiger partial charge in [0.05, 0.1) is 6.04 Å². The maximum Gasteiger partial charge on any atom is 0.420 e. The number of nitrogens with one attached hydrogen (secondary N) is 1. The number of rotatable bonds is 4. The summed E-state index contributed by atoms with van der Waals surface area (Å²) in [5.74, 6) is 0.368. The highest BCUT2D eigenvalue weighted by Crippen LogP contribution is 2.46. The van der Waals surface area contributed by atoms with Crippen molar-refractivity contribution in [1.29, 1.82) is 0 Å². The second-order valence-corrected chi connectivity index (χ2v) is 8.56. The first-order chi connectivity index (χ1) is 14.7. The summed E-state index contributed by atoms with van der Waals surface area (Å²) in [6.07, 6.45) is -1.92. The summed E-state index contributed by atoms with van der Waals surface area (Å²) in [4.78, 5) is 22.6. The minimum Gasteiger partial charge on any atom is -0.465 e. The van der Waals surface area contributed by atoms with Gasteiger partial charge in [0.25, 0.3) is 0 Å². The molecule has 1 aromatic heterocycles. The molecule has 2 aromatic rings. The molecule has 31 heavy (non-hydrogen) atoms. The summed E-state index contributed by atoms with van der Waals surface area (Å²) in [7, 11) is 0. The van der Waals surface area contributed by atoms with E-state index in [0.29, 0.717) is 25.2 Å². The molecule has 0 radical (unpaired) electrons. The summed E-state index contributed by atoms with van der Waals surface area (Å²) in [6.45, 7) is 1.15. The van der Waals surface area contributed by atoms with Gasteiger partial charge in [0.1, 0.15) is 10.7 Å². The van der Waals surface area contributed by atoms with Crippen molar-refractivity contribution < 1.29 is 23.1 Å². The molecule has 1 aromatic carbocycles. The minimum absolute atomic E-state index is 0.00461. The SMILES string of the molecule is O=C(O)N1C[C@H]2C[C@@H]1CN2c1ccc(Nc2ncc(C(F)(F)F)c(Cl)n2)c(C2CC2)c1. The minimum atomic E-state index is -4.61. The number of hydrogen-bond acceptors (Lipinski definition) is 5. The molecule has 0 unspecified atom stereocenters. The summed E-state index contributed by atoms with van der Waals surface area (Å²) >= 11 is 5.71. The predicted molar refractivity (Wildman–Crippen MR) is 108 cm³/mol. The first kappa shape index (κ1) is 20.2. The van der Waals surface area contributed by atoms with Gasteiger partial charge in [0.2, 0.25) is 5.95 Å². The second-order valence-electron chi connectivity index (χ2n) is 8.20. The Hall–Kier alpha value is -2.75. The number of likely N-dealkylation sites (tertiary alicyclic amines) is 1. The van der Waals surface area contributed by atoms with E-state index >= 15 is 0 Å². The van der Waals surface area contributed by atoms with Gasteiger partial charge in [-0.1, -0.05) is 11.6 Å². The standard InChI is InChI=1S/C20H19ClF3N5O2/c21-17-15(20(22,23)24)7-25-18(27-17)26-16-4-3-11(6-14(16)10-1-2-10)28-8-13-5-12(28)9-29(13)19(30)31/h3-4,6-7,10,12-13H,1-2,5,8-9H2,(H,30,31)(H,25,26,27)/t12-,13-/m1/s1.